The van der Waals surface area contributed by atoms with Crippen molar-refractivity contribution >= 4 is 161 Å². The topological polar surface area (TPSA) is 90.8 Å². The molecule has 0 aliphatic carbocycles. The molecule has 4 N–H and O–H groups in total. The number of halogens is 1. The van der Waals surface area contributed by atoms with Crippen LogP contribution in [-0.2, 0) is 10.8 Å². The predicted octanol–water partition coefficient (Wildman–Crippen LogP) is 18.7. The van der Waals surface area contributed by atoms with E-state index in [0.29, 0.717) is 5.46 Å². The van der Waals surface area contributed by atoms with Gasteiger partial charge in [0.2, 0.25) is 0 Å². The predicted molar refractivity (Wildman–Crippen MR) is 460 cm³/mol. The van der Waals surface area contributed by atoms with E-state index < -0.39 is 23.3 Å². The van der Waals surface area contributed by atoms with Gasteiger partial charge in [0.05, 0.1) is 11.4 Å². The average molecular weight is 1470 g/mol. The normalized spacial score (nSPS) is 11.4. The summed E-state index contributed by atoms with van der Waals surface area (Å²) in [6, 6.07) is 125. The molecule has 2 heterocycles. The van der Waals surface area contributed by atoms with Gasteiger partial charge in [-0.1, -0.05) is 364 Å². The number of hydrogen-bond donors (Lipinski definition) is 4. The van der Waals surface area contributed by atoms with Gasteiger partial charge in [-0.2, -0.15) is 0 Å². The molecule has 0 atom stereocenters. The van der Waals surface area contributed by atoms with Crippen molar-refractivity contribution in [3.05, 3.63) is 367 Å². The lowest BCUT2D eigenvalue weighted by Crippen LogP contribution is -2.74. The molecule has 0 fully saturated rings. The Morgan fingerprint density at radius 2 is 0.610 bits per heavy atom. The summed E-state index contributed by atoms with van der Waals surface area (Å²) in [5.74, 6) is 0. The van der Waals surface area contributed by atoms with E-state index in [1.54, 1.807) is 0 Å². The molecule has 2 aromatic heterocycles. The second kappa shape index (κ2) is 32.5. The number of nitrogens with one attached hydrogen (secondary N) is 2. The maximum absolute atomic E-state index is 9.54. The monoisotopic (exact) mass is 1470 g/mol. The molecule has 0 aliphatic heterocycles. The minimum atomic E-state index is -2.60. The first-order valence-corrected chi connectivity index (χ1v) is 39.6. The van der Waals surface area contributed by atoms with E-state index >= 15 is 0 Å². The van der Waals surface area contributed by atoms with Crippen LogP contribution in [0.4, 0.5) is 22.7 Å². The Morgan fingerprint density at radius 3 is 0.943 bits per heavy atom. The Bertz CT molecular complexity index is 5290. The molecule has 0 unspecified atom stereocenters. The van der Waals surface area contributed by atoms with Crippen molar-refractivity contribution in [3.63, 3.8) is 0 Å². The van der Waals surface area contributed by atoms with Gasteiger partial charge < -0.3 is 29.5 Å². The number of anilines is 4. The van der Waals surface area contributed by atoms with Gasteiger partial charge in [0, 0.05) is 45.8 Å². The average Bonchev–Trinajstić information content (AvgIpc) is 1.65. The van der Waals surface area contributed by atoms with Crippen molar-refractivity contribution < 1.29 is 18.9 Å². The smallest absolute Gasteiger partial charge is 0.454 e. The van der Waals surface area contributed by atoms with Crippen LogP contribution in [0.2, 0.25) is 0 Å². The summed E-state index contributed by atoms with van der Waals surface area (Å²) in [5.41, 5.74) is 13.2. The zero-order valence-electron chi connectivity index (χ0n) is 58.7. The Morgan fingerprint density at radius 1 is 0.314 bits per heavy atom. The fourth-order valence-corrected chi connectivity index (χ4v) is 24.3. The van der Waals surface area contributed by atoms with E-state index in [4.69, 9.17) is 8.83 Å². The van der Waals surface area contributed by atoms with Crippen LogP contribution in [0.1, 0.15) is 67.5 Å². The minimum Gasteiger partial charge on any atom is -0.454 e. The van der Waals surface area contributed by atoms with Crippen molar-refractivity contribution in [1.82, 2.24) is 0 Å². The maximum atomic E-state index is 9.54. The van der Waals surface area contributed by atoms with Gasteiger partial charge >= 0.3 is 7.12 Å². The summed E-state index contributed by atoms with van der Waals surface area (Å²) in [4.78, 5) is 0. The second-order valence-electron chi connectivity index (χ2n) is 28.1. The summed E-state index contributed by atoms with van der Waals surface area (Å²) >= 11 is 3.62. The molecule has 0 amide bonds. The van der Waals surface area contributed by atoms with Crippen LogP contribution in [0.25, 0.3) is 55.0 Å². The van der Waals surface area contributed by atoms with E-state index in [1.807, 2.05) is 72.8 Å². The second-order valence-corrected chi connectivity index (χ2v) is 36.6. The molecule has 0 aliphatic rings. The molecule has 16 aromatic rings. The summed E-state index contributed by atoms with van der Waals surface area (Å²) in [7, 11) is -6.58. The molecule has 519 valence electrons. The van der Waals surface area contributed by atoms with Crippen LogP contribution < -0.4 is 57.6 Å². The molecule has 11 heteroatoms. The zero-order chi connectivity index (χ0) is 70.4. The molecule has 105 heavy (non-hydrogen) atoms. The van der Waals surface area contributed by atoms with Crippen molar-refractivity contribution in [1.29, 1.82) is 0 Å². The SMILES string of the molecule is C.C.CC(C)(C)c1ccc(Nc2cc(-c3ccc([Si](c4ccccc4)(c4ccccc4)c4ccccc4)cc3)cc3c2oc2ccccc23)cc1.CC(C)(C)c1ccc(Nc2cc(Br)cc3c2oc2ccccc23)cc1.OB(O)c1ccc([Si](c2ccccc2)(c2ccccc2)c2ccccc2)cc1.[B]. The molecule has 0 bridgehead atoms. The third-order valence-electron chi connectivity index (χ3n) is 19.5. The Balaban J connectivity index is 0.000000168. The van der Waals surface area contributed by atoms with Crippen LogP contribution in [0.15, 0.2) is 365 Å². The van der Waals surface area contributed by atoms with Gasteiger partial charge in [0.1, 0.15) is 11.2 Å². The van der Waals surface area contributed by atoms with E-state index in [2.05, 4.69) is 347 Å². The molecule has 0 saturated heterocycles. The van der Waals surface area contributed by atoms with Crippen molar-refractivity contribution in [2.75, 3.05) is 10.6 Å². The third kappa shape index (κ3) is 15.6. The van der Waals surface area contributed by atoms with E-state index in [-0.39, 0.29) is 34.1 Å². The lowest BCUT2D eigenvalue weighted by molar-refractivity contribution is 0.426. The summed E-state index contributed by atoms with van der Waals surface area (Å²) in [5, 5.41) is 41.3. The number of rotatable bonds is 14. The van der Waals surface area contributed by atoms with Crippen LogP contribution in [0, 0.1) is 0 Å². The summed E-state index contributed by atoms with van der Waals surface area (Å²) in [6.07, 6.45) is 0. The van der Waals surface area contributed by atoms with E-state index in [1.165, 1.54) is 58.2 Å². The molecular formula is C94H88B2BrN2O4Si2. The van der Waals surface area contributed by atoms with Gasteiger partial charge in [-0.25, -0.2) is 0 Å². The first-order valence-electron chi connectivity index (χ1n) is 34.8. The van der Waals surface area contributed by atoms with Gasteiger partial charge in [-0.3, -0.25) is 0 Å². The van der Waals surface area contributed by atoms with Crippen molar-refractivity contribution in [3.8, 4) is 11.1 Å². The van der Waals surface area contributed by atoms with E-state index in [0.717, 1.165) is 76.7 Å². The number of para-hydroxylation sites is 2. The molecule has 3 radical (unpaired) electrons. The molecular weight excluding hydrogens is 1380 g/mol. The lowest BCUT2D eigenvalue weighted by atomic mass is 9.81. The largest absolute Gasteiger partial charge is 0.488 e. The molecule has 6 nitrogen and oxygen atoms in total. The van der Waals surface area contributed by atoms with Crippen molar-refractivity contribution in [2.24, 2.45) is 0 Å². The highest BCUT2D eigenvalue weighted by atomic mass is 79.9. The lowest BCUT2D eigenvalue weighted by Gasteiger charge is -2.34. The van der Waals surface area contributed by atoms with Gasteiger partial charge in [0.25, 0.3) is 0 Å². The summed E-state index contributed by atoms with van der Waals surface area (Å²) in [6.45, 7) is 13.4. The first kappa shape index (κ1) is 75.4. The molecule has 16 rings (SSSR count). The van der Waals surface area contributed by atoms with Gasteiger partial charge in [-0.05, 0) is 141 Å². The fraction of sp³-hybridized carbons (Fsp3) is 0.106. The number of hydrogen-bond acceptors (Lipinski definition) is 6. The molecule has 14 aromatic carbocycles. The Hall–Kier alpha value is -10.8. The van der Waals surface area contributed by atoms with Gasteiger partial charge in [0.15, 0.2) is 27.3 Å². The minimum absolute atomic E-state index is 0. The molecule has 0 saturated carbocycles. The highest BCUT2D eigenvalue weighted by molar-refractivity contribution is 9.10. The van der Waals surface area contributed by atoms with Crippen LogP contribution >= 0.6 is 15.9 Å². The van der Waals surface area contributed by atoms with Gasteiger partial charge in [-0.15, -0.1) is 0 Å². The standard InChI is InChI=1S/C46H39NOSi.C24H21BO2Si.C22H20BrNO.2CH4.B/c1-46(2,3)35-25-27-36(28-26-35)47-43-32-34(31-42-41-21-13-14-22-44(41)48-45(42)43)33-23-29-40(30-24-33)49(37-15-7-4-8-16-37,38-17-9-5-10-18-38)39-19-11-6-12-20-39;26-25(27)20-16-18-24(19-17-20)28(21-10-4-1-5-11-21,22-12-6-2-7-13-22)23-14-8-3-9-15-23;1-22(2,3)14-8-10-16(11-9-14)24-19-13-15(23)12-18-17-6-4-5-7-20(17)25-21(18)19;;;/h4-32,47H,1-3H3;1-19,26-27H;4-13,24H,1-3H3;2*1H4;. The van der Waals surface area contributed by atoms with Crippen LogP contribution in [0.3, 0.4) is 0 Å². The maximum Gasteiger partial charge on any atom is 0.488 e. The van der Waals surface area contributed by atoms with Crippen LogP contribution in [-0.4, -0.2) is 41.7 Å². The van der Waals surface area contributed by atoms with Crippen LogP contribution in [0.5, 0.6) is 0 Å². The Kier molecular flexibility index (Phi) is 23.3. The summed E-state index contributed by atoms with van der Waals surface area (Å²) < 4.78 is 13.6. The third-order valence-corrected chi connectivity index (χ3v) is 29.6. The highest BCUT2D eigenvalue weighted by Gasteiger charge is 2.43. The number of fused-ring (bicyclic) bond motifs is 6. The zero-order valence-corrected chi connectivity index (χ0v) is 62.3. The Labute approximate surface area is 632 Å². The fourth-order valence-electron chi connectivity index (χ4n) is 14.3. The van der Waals surface area contributed by atoms with E-state index in [9.17, 15) is 10.0 Å². The quantitative estimate of drug-likeness (QED) is 0.0641. The van der Waals surface area contributed by atoms with Crippen molar-refractivity contribution in [2.45, 2.75) is 67.2 Å². The molecule has 0 spiro atoms. The first-order chi connectivity index (χ1) is 49.5. The number of furan rings is 2. The number of benzene rings is 14. The highest BCUT2D eigenvalue weighted by Crippen LogP contribution is 2.41.